The van der Waals surface area contributed by atoms with Crippen molar-refractivity contribution in [3.8, 4) is 10.6 Å². The highest BCUT2D eigenvalue weighted by atomic mass is 32.1. The van der Waals surface area contributed by atoms with Crippen molar-refractivity contribution in [1.82, 2.24) is 24.5 Å². The zero-order chi connectivity index (χ0) is 18.8. The molecule has 4 aromatic rings. The Bertz CT molecular complexity index is 1020. The number of nitrogens with zero attached hydrogens (tertiary/aromatic N) is 5. The molecule has 27 heavy (non-hydrogen) atoms. The Morgan fingerprint density at radius 3 is 2.85 bits per heavy atom. The van der Waals surface area contributed by atoms with Crippen LogP contribution in [0.4, 0.5) is 5.13 Å². The number of thiazole rings is 1. The van der Waals surface area contributed by atoms with Crippen LogP contribution in [0.5, 0.6) is 0 Å². The summed E-state index contributed by atoms with van der Waals surface area (Å²) < 4.78 is 3.90. The third-order valence-electron chi connectivity index (χ3n) is 4.60. The number of rotatable bonds is 7. The predicted molar refractivity (Wildman–Crippen MR) is 111 cm³/mol. The van der Waals surface area contributed by atoms with E-state index >= 15 is 0 Å². The minimum absolute atomic E-state index is 0.724. The summed E-state index contributed by atoms with van der Waals surface area (Å²) in [5, 5.41) is 15.5. The van der Waals surface area contributed by atoms with Crippen LogP contribution in [0.15, 0.2) is 36.0 Å². The molecule has 140 valence electrons. The highest BCUT2D eigenvalue weighted by Crippen LogP contribution is 2.32. The molecule has 0 saturated heterocycles. The van der Waals surface area contributed by atoms with E-state index in [2.05, 4.69) is 45.9 Å². The van der Waals surface area contributed by atoms with Gasteiger partial charge in [-0.3, -0.25) is 9.36 Å². The maximum absolute atomic E-state index is 4.74. The van der Waals surface area contributed by atoms with E-state index in [0.29, 0.717) is 0 Å². The van der Waals surface area contributed by atoms with Gasteiger partial charge < -0.3 is 5.32 Å². The molecule has 0 aliphatic rings. The first kappa shape index (κ1) is 17.9. The van der Waals surface area contributed by atoms with Crippen molar-refractivity contribution in [2.75, 3.05) is 5.32 Å². The first-order valence-corrected chi connectivity index (χ1v) is 10.5. The lowest BCUT2D eigenvalue weighted by molar-refractivity contribution is 0.620. The molecule has 4 rings (SSSR count). The summed E-state index contributed by atoms with van der Waals surface area (Å²) in [4.78, 5) is 7.17. The monoisotopic (exact) mass is 398 g/mol. The topological polar surface area (TPSA) is 60.6 Å². The molecule has 0 aliphatic carbocycles. The van der Waals surface area contributed by atoms with Crippen LogP contribution in [-0.4, -0.2) is 24.5 Å². The van der Waals surface area contributed by atoms with E-state index in [0.717, 1.165) is 40.9 Å². The predicted octanol–water partition coefficient (Wildman–Crippen LogP) is 4.27. The maximum Gasteiger partial charge on any atom is 0.183 e. The largest absolute Gasteiger partial charge is 0.357 e. The van der Waals surface area contributed by atoms with Crippen LogP contribution in [0.25, 0.3) is 10.6 Å². The van der Waals surface area contributed by atoms with E-state index < -0.39 is 0 Å². The minimum atomic E-state index is 0.724. The first-order valence-electron chi connectivity index (χ1n) is 8.85. The summed E-state index contributed by atoms with van der Waals surface area (Å²) in [6, 6.07) is 6.34. The van der Waals surface area contributed by atoms with Gasteiger partial charge in [0.05, 0.1) is 16.8 Å². The molecule has 0 fully saturated rings. The summed E-state index contributed by atoms with van der Waals surface area (Å²) >= 11 is 3.44. The first-order chi connectivity index (χ1) is 13.1. The average molecular weight is 399 g/mol. The standard InChI is InChI=1S/C19H22N6S2/c1-13-18(17-7-9-25(23-17)8-6-16-5-4-10-26-16)27-19(22-13)20-11-15-12-21-24(3)14(15)2/h4-5,7,9-10,12H,6,8,11H2,1-3H3,(H,20,22). The number of hydrogen-bond donors (Lipinski definition) is 1. The van der Waals surface area contributed by atoms with Crippen molar-refractivity contribution in [2.45, 2.75) is 33.4 Å². The van der Waals surface area contributed by atoms with Crippen LogP contribution in [-0.2, 0) is 26.6 Å². The average Bonchev–Trinajstić information content (AvgIpc) is 3.43. The van der Waals surface area contributed by atoms with Crippen molar-refractivity contribution in [3.63, 3.8) is 0 Å². The molecule has 0 aliphatic heterocycles. The maximum atomic E-state index is 4.74. The number of anilines is 1. The molecular formula is C19H22N6S2. The van der Waals surface area contributed by atoms with Crippen LogP contribution < -0.4 is 5.32 Å². The van der Waals surface area contributed by atoms with Gasteiger partial charge in [0.2, 0.25) is 0 Å². The molecule has 0 radical (unpaired) electrons. The number of nitrogens with one attached hydrogen (secondary N) is 1. The molecule has 0 aromatic carbocycles. The second-order valence-corrected chi connectivity index (χ2v) is 8.49. The lowest BCUT2D eigenvalue weighted by Crippen LogP contribution is -2.01. The second-order valence-electron chi connectivity index (χ2n) is 6.46. The molecule has 0 saturated carbocycles. The van der Waals surface area contributed by atoms with Crippen LogP contribution in [0.3, 0.4) is 0 Å². The minimum Gasteiger partial charge on any atom is -0.357 e. The van der Waals surface area contributed by atoms with Crippen LogP contribution >= 0.6 is 22.7 Å². The van der Waals surface area contributed by atoms with Gasteiger partial charge in [-0.2, -0.15) is 10.2 Å². The number of aryl methyl sites for hydroxylation is 4. The molecule has 0 atom stereocenters. The van der Waals surface area contributed by atoms with Crippen molar-refractivity contribution < 1.29 is 0 Å². The summed E-state index contributed by atoms with van der Waals surface area (Å²) in [5.74, 6) is 0. The van der Waals surface area contributed by atoms with E-state index in [9.17, 15) is 0 Å². The molecule has 0 unspecified atom stereocenters. The number of thiophene rings is 1. The summed E-state index contributed by atoms with van der Waals surface area (Å²) in [7, 11) is 1.96. The van der Waals surface area contributed by atoms with E-state index in [-0.39, 0.29) is 0 Å². The molecule has 0 bridgehead atoms. The Labute approximate surface area is 166 Å². The molecule has 0 amide bonds. The SMILES string of the molecule is Cc1nc(NCc2cnn(C)c2C)sc1-c1ccn(CCc2cccs2)n1. The van der Waals surface area contributed by atoms with Crippen molar-refractivity contribution in [3.05, 3.63) is 57.8 Å². The number of hydrogen-bond acceptors (Lipinski definition) is 6. The van der Waals surface area contributed by atoms with Gasteiger partial charge in [0.1, 0.15) is 5.69 Å². The van der Waals surface area contributed by atoms with Crippen LogP contribution in [0.2, 0.25) is 0 Å². The molecule has 1 N–H and O–H groups in total. The molecule has 0 spiro atoms. The van der Waals surface area contributed by atoms with Gasteiger partial charge in [0, 0.05) is 48.9 Å². The fourth-order valence-electron chi connectivity index (χ4n) is 2.89. The third kappa shape index (κ3) is 3.96. The van der Waals surface area contributed by atoms with Crippen LogP contribution in [0, 0.1) is 13.8 Å². The Morgan fingerprint density at radius 2 is 2.11 bits per heavy atom. The van der Waals surface area contributed by atoms with Gasteiger partial charge in [0.25, 0.3) is 0 Å². The van der Waals surface area contributed by atoms with Crippen molar-refractivity contribution in [1.29, 1.82) is 0 Å². The third-order valence-corrected chi connectivity index (χ3v) is 6.68. The molecule has 4 heterocycles. The van der Waals surface area contributed by atoms with E-state index in [1.807, 2.05) is 35.7 Å². The Hall–Kier alpha value is -2.45. The van der Waals surface area contributed by atoms with Gasteiger partial charge in [-0.05, 0) is 31.4 Å². The fourth-order valence-corrected chi connectivity index (χ4v) is 4.51. The number of aromatic nitrogens is 5. The summed E-state index contributed by atoms with van der Waals surface area (Å²) in [6.45, 7) is 5.73. The quantitative estimate of drug-likeness (QED) is 0.505. The molecular weight excluding hydrogens is 376 g/mol. The smallest absolute Gasteiger partial charge is 0.183 e. The summed E-state index contributed by atoms with van der Waals surface area (Å²) in [6.07, 6.45) is 4.96. The molecule has 8 heteroatoms. The Kier molecular flexibility index (Phi) is 5.09. The Morgan fingerprint density at radius 1 is 1.22 bits per heavy atom. The highest BCUT2D eigenvalue weighted by Gasteiger charge is 2.13. The van der Waals surface area contributed by atoms with Crippen molar-refractivity contribution >= 4 is 27.8 Å². The lowest BCUT2D eigenvalue weighted by Gasteiger charge is -2.01. The van der Waals surface area contributed by atoms with E-state index in [1.54, 1.807) is 22.7 Å². The normalized spacial score (nSPS) is 11.2. The Balaban J connectivity index is 1.42. The highest BCUT2D eigenvalue weighted by molar-refractivity contribution is 7.19. The van der Waals surface area contributed by atoms with Crippen LogP contribution in [0.1, 0.15) is 21.8 Å². The summed E-state index contributed by atoms with van der Waals surface area (Å²) in [5.41, 5.74) is 4.35. The van der Waals surface area contributed by atoms with E-state index in [1.165, 1.54) is 16.1 Å². The van der Waals surface area contributed by atoms with Gasteiger partial charge >= 0.3 is 0 Å². The van der Waals surface area contributed by atoms with Crippen molar-refractivity contribution in [2.24, 2.45) is 7.05 Å². The van der Waals surface area contributed by atoms with Gasteiger partial charge in [-0.15, -0.1) is 11.3 Å². The second kappa shape index (κ2) is 7.66. The van der Waals surface area contributed by atoms with Gasteiger partial charge in [-0.1, -0.05) is 17.4 Å². The zero-order valence-corrected chi connectivity index (χ0v) is 17.3. The molecule has 4 aromatic heterocycles. The van der Waals surface area contributed by atoms with E-state index in [4.69, 9.17) is 5.10 Å². The zero-order valence-electron chi connectivity index (χ0n) is 15.6. The van der Waals surface area contributed by atoms with Gasteiger partial charge in [-0.25, -0.2) is 4.98 Å². The lowest BCUT2D eigenvalue weighted by atomic mass is 10.2. The van der Waals surface area contributed by atoms with Gasteiger partial charge in [0.15, 0.2) is 5.13 Å². The molecule has 6 nitrogen and oxygen atoms in total. The fraction of sp³-hybridized carbons (Fsp3) is 0.316.